The van der Waals surface area contributed by atoms with Crippen molar-refractivity contribution in [1.82, 2.24) is 10.2 Å². The number of carbonyl (C=O) groups is 1. The molecule has 0 amide bonds. The van der Waals surface area contributed by atoms with E-state index >= 15 is 0 Å². The van der Waals surface area contributed by atoms with Crippen LogP contribution < -0.4 is 10.2 Å². The number of anilines is 1. The Kier molecular flexibility index (Phi) is 8.95. The predicted molar refractivity (Wildman–Crippen MR) is 108 cm³/mol. The van der Waals surface area contributed by atoms with Gasteiger partial charge < -0.3 is 19.9 Å². The van der Waals surface area contributed by atoms with Crippen LogP contribution >= 0.6 is 24.0 Å². The molecular weight excluding hydrogens is 438 g/mol. The molecule has 0 saturated carbocycles. The number of ether oxygens (including phenoxy) is 1. The highest BCUT2D eigenvalue weighted by Crippen LogP contribution is 2.16. The summed E-state index contributed by atoms with van der Waals surface area (Å²) in [5.41, 5.74) is 1.03. The number of methoxy groups -OCH3 is 1. The van der Waals surface area contributed by atoms with Crippen LogP contribution in [-0.2, 0) is 9.53 Å². The van der Waals surface area contributed by atoms with Crippen LogP contribution in [0.3, 0.4) is 0 Å². The molecule has 2 rings (SSSR count). The first-order valence-electron chi connectivity index (χ1n) is 8.09. The Morgan fingerprint density at radius 3 is 2.40 bits per heavy atom. The summed E-state index contributed by atoms with van der Waals surface area (Å²) in [6.07, 6.45) is 0. The zero-order valence-electron chi connectivity index (χ0n) is 14.9. The quantitative estimate of drug-likeness (QED) is 0.320. The highest BCUT2D eigenvalue weighted by molar-refractivity contribution is 14.0. The van der Waals surface area contributed by atoms with Crippen molar-refractivity contribution >= 4 is 41.6 Å². The van der Waals surface area contributed by atoms with E-state index in [0.717, 1.165) is 37.8 Å². The summed E-state index contributed by atoms with van der Waals surface area (Å²) in [5.74, 6) is 0.0950. The molecule has 8 heteroatoms. The van der Waals surface area contributed by atoms with Crippen molar-refractivity contribution in [2.45, 2.75) is 6.92 Å². The number of piperazine rings is 1. The maximum atomic E-state index is 13.0. The standard InChI is InChI=1S/C17H25FN4O2.HI/c1-13(16(23)24-3)12-20-17(19-2)22-10-8-21(9-11-22)15-6-4-14(18)5-7-15;/h4-7,13H,8-12H2,1-3H3,(H,19,20);1H. The number of hydrogen-bond acceptors (Lipinski definition) is 4. The van der Waals surface area contributed by atoms with E-state index in [9.17, 15) is 9.18 Å². The molecule has 1 aromatic carbocycles. The molecule has 25 heavy (non-hydrogen) atoms. The normalized spacial score (nSPS) is 16.1. The lowest BCUT2D eigenvalue weighted by Crippen LogP contribution is -2.53. The van der Waals surface area contributed by atoms with Crippen molar-refractivity contribution in [2.24, 2.45) is 10.9 Å². The van der Waals surface area contributed by atoms with E-state index in [4.69, 9.17) is 4.74 Å². The van der Waals surface area contributed by atoms with Gasteiger partial charge in [0.2, 0.25) is 0 Å². The van der Waals surface area contributed by atoms with Gasteiger partial charge in [-0.15, -0.1) is 24.0 Å². The Hall–Kier alpha value is -1.58. The van der Waals surface area contributed by atoms with Gasteiger partial charge in [0.15, 0.2) is 5.96 Å². The van der Waals surface area contributed by atoms with Crippen molar-refractivity contribution in [3.63, 3.8) is 0 Å². The summed E-state index contributed by atoms with van der Waals surface area (Å²) in [7, 11) is 3.12. The Bertz CT molecular complexity index is 575. The Morgan fingerprint density at radius 1 is 1.28 bits per heavy atom. The smallest absolute Gasteiger partial charge is 0.310 e. The van der Waals surface area contributed by atoms with Gasteiger partial charge in [0.05, 0.1) is 13.0 Å². The van der Waals surface area contributed by atoms with Crippen LogP contribution in [0.2, 0.25) is 0 Å². The summed E-state index contributed by atoms with van der Waals surface area (Å²) in [6.45, 7) is 5.58. The second-order valence-electron chi connectivity index (χ2n) is 5.80. The van der Waals surface area contributed by atoms with E-state index in [2.05, 4.69) is 20.1 Å². The van der Waals surface area contributed by atoms with Gasteiger partial charge >= 0.3 is 5.97 Å². The molecule has 1 atom stereocenters. The maximum Gasteiger partial charge on any atom is 0.310 e. The third-order valence-corrected chi connectivity index (χ3v) is 4.15. The minimum Gasteiger partial charge on any atom is -0.469 e. The molecule has 0 spiro atoms. The molecule has 0 aliphatic carbocycles. The number of hydrogen-bond donors (Lipinski definition) is 1. The van der Waals surface area contributed by atoms with E-state index in [0.29, 0.717) is 6.54 Å². The van der Waals surface area contributed by atoms with Crippen LogP contribution in [0.4, 0.5) is 10.1 Å². The lowest BCUT2D eigenvalue weighted by molar-refractivity contribution is -0.144. The van der Waals surface area contributed by atoms with Crippen molar-refractivity contribution in [3.05, 3.63) is 30.1 Å². The first kappa shape index (κ1) is 21.5. The van der Waals surface area contributed by atoms with E-state index in [1.807, 2.05) is 6.92 Å². The molecule has 0 aromatic heterocycles. The number of nitrogens with one attached hydrogen (secondary N) is 1. The molecule has 0 bridgehead atoms. The molecule has 6 nitrogen and oxygen atoms in total. The molecule has 1 saturated heterocycles. The second-order valence-corrected chi connectivity index (χ2v) is 5.80. The lowest BCUT2D eigenvalue weighted by atomic mass is 10.2. The van der Waals surface area contributed by atoms with Crippen molar-refractivity contribution in [1.29, 1.82) is 0 Å². The number of nitrogens with zero attached hydrogens (tertiary/aromatic N) is 3. The lowest BCUT2D eigenvalue weighted by Gasteiger charge is -2.37. The first-order chi connectivity index (χ1) is 11.5. The third-order valence-electron chi connectivity index (χ3n) is 4.15. The highest BCUT2D eigenvalue weighted by Gasteiger charge is 2.21. The third kappa shape index (κ3) is 6.02. The number of aliphatic imine (C=N–C) groups is 1. The molecular formula is C17H26FIN4O2. The number of benzene rings is 1. The SMILES string of the molecule is CN=C(NCC(C)C(=O)OC)N1CCN(c2ccc(F)cc2)CC1.I. The van der Waals surface area contributed by atoms with Gasteiger partial charge in [-0.1, -0.05) is 6.92 Å². The Labute approximate surface area is 165 Å². The fraction of sp³-hybridized carbons (Fsp3) is 0.529. The zero-order chi connectivity index (χ0) is 17.5. The van der Waals surface area contributed by atoms with Crippen LogP contribution in [0.25, 0.3) is 0 Å². The molecule has 1 aromatic rings. The highest BCUT2D eigenvalue weighted by atomic mass is 127. The summed E-state index contributed by atoms with van der Waals surface area (Å²) in [5, 5.41) is 3.22. The molecule has 1 aliphatic heterocycles. The molecule has 1 unspecified atom stereocenters. The summed E-state index contributed by atoms with van der Waals surface area (Å²) in [6, 6.07) is 6.57. The van der Waals surface area contributed by atoms with Gasteiger partial charge in [-0.25, -0.2) is 4.39 Å². The topological polar surface area (TPSA) is 57.2 Å². The Balaban J connectivity index is 0.00000312. The van der Waals surface area contributed by atoms with Gasteiger partial charge in [-0.2, -0.15) is 0 Å². The minimum absolute atomic E-state index is 0. The van der Waals surface area contributed by atoms with Gasteiger partial charge in [-0.05, 0) is 24.3 Å². The molecule has 1 fully saturated rings. The van der Waals surface area contributed by atoms with Crippen LogP contribution in [0.1, 0.15) is 6.92 Å². The van der Waals surface area contributed by atoms with Gasteiger partial charge in [-0.3, -0.25) is 9.79 Å². The zero-order valence-corrected chi connectivity index (χ0v) is 17.2. The molecule has 0 radical (unpaired) electrons. The van der Waals surface area contributed by atoms with Crippen LogP contribution in [0.15, 0.2) is 29.3 Å². The Morgan fingerprint density at radius 2 is 1.88 bits per heavy atom. The van der Waals surface area contributed by atoms with Crippen molar-refractivity contribution in [3.8, 4) is 0 Å². The van der Waals surface area contributed by atoms with Gasteiger partial charge in [0.25, 0.3) is 0 Å². The number of halogens is 2. The number of esters is 1. The predicted octanol–water partition coefficient (Wildman–Crippen LogP) is 1.95. The number of carbonyl (C=O) groups excluding carboxylic acids is 1. The van der Waals surface area contributed by atoms with Crippen LogP contribution in [0.5, 0.6) is 0 Å². The van der Waals surface area contributed by atoms with Crippen LogP contribution in [-0.4, -0.2) is 63.7 Å². The number of rotatable bonds is 4. The fourth-order valence-electron chi connectivity index (χ4n) is 2.69. The van der Waals surface area contributed by atoms with E-state index < -0.39 is 0 Å². The summed E-state index contributed by atoms with van der Waals surface area (Å²) in [4.78, 5) is 20.1. The fourth-order valence-corrected chi connectivity index (χ4v) is 2.69. The summed E-state index contributed by atoms with van der Waals surface area (Å²) < 4.78 is 17.7. The van der Waals surface area contributed by atoms with E-state index in [1.165, 1.54) is 19.2 Å². The maximum absolute atomic E-state index is 13.0. The van der Waals surface area contributed by atoms with Gasteiger partial charge in [0.1, 0.15) is 5.82 Å². The largest absolute Gasteiger partial charge is 0.469 e. The molecule has 1 N–H and O–H groups in total. The average Bonchev–Trinajstić information content (AvgIpc) is 2.62. The van der Waals surface area contributed by atoms with E-state index in [1.54, 1.807) is 19.2 Å². The number of guanidine groups is 1. The van der Waals surface area contributed by atoms with Gasteiger partial charge in [0, 0.05) is 45.5 Å². The molecule has 140 valence electrons. The average molecular weight is 464 g/mol. The van der Waals surface area contributed by atoms with Crippen molar-refractivity contribution < 1.29 is 13.9 Å². The van der Waals surface area contributed by atoms with E-state index in [-0.39, 0.29) is 41.7 Å². The molecule has 1 heterocycles. The van der Waals surface area contributed by atoms with Crippen molar-refractivity contribution in [2.75, 3.05) is 51.8 Å². The first-order valence-corrected chi connectivity index (χ1v) is 8.09. The molecule has 1 aliphatic rings. The monoisotopic (exact) mass is 464 g/mol. The van der Waals surface area contributed by atoms with Crippen LogP contribution in [0, 0.1) is 11.7 Å². The second kappa shape index (κ2) is 10.4. The summed E-state index contributed by atoms with van der Waals surface area (Å²) >= 11 is 0. The minimum atomic E-state index is -0.237.